The second kappa shape index (κ2) is 14.3. The molecule has 7 nitrogen and oxygen atoms in total. The predicted octanol–water partition coefficient (Wildman–Crippen LogP) is 3.85. The number of ether oxygens (including phenoxy) is 1. The number of halogens is 1. The Morgan fingerprint density at radius 1 is 1.16 bits per heavy atom. The Balaban J connectivity index is 0.00000341. The van der Waals surface area contributed by atoms with E-state index < -0.39 is 0 Å². The van der Waals surface area contributed by atoms with Crippen LogP contribution in [0.4, 0.5) is 5.69 Å². The zero-order valence-corrected chi connectivity index (χ0v) is 20.9. The van der Waals surface area contributed by atoms with Crippen molar-refractivity contribution in [2.45, 2.75) is 32.4 Å². The highest BCUT2D eigenvalue weighted by atomic mass is 127. The molecule has 1 unspecified atom stereocenters. The van der Waals surface area contributed by atoms with Gasteiger partial charge in [-0.05, 0) is 62.7 Å². The summed E-state index contributed by atoms with van der Waals surface area (Å²) in [5.74, 6) is 1.84. The van der Waals surface area contributed by atoms with Gasteiger partial charge in [0.25, 0.3) is 0 Å². The van der Waals surface area contributed by atoms with Crippen molar-refractivity contribution in [1.29, 1.82) is 0 Å². The molecule has 8 heteroatoms. The molecule has 0 amide bonds. The Labute approximate surface area is 203 Å². The number of nitrogens with one attached hydrogen (secondary N) is 3. The number of aliphatic imine (C=N–C) groups is 1. The highest BCUT2D eigenvalue weighted by Gasteiger charge is 2.25. The number of likely N-dealkylation sites (tertiary alicyclic amines) is 1. The average Bonchev–Trinajstić information content (AvgIpc) is 3.48. The van der Waals surface area contributed by atoms with Crippen molar-refractivity contribution in [3.8, 4) is 0 Å². The molecule has 0 spiro atoms. The van der Waals surface area contributed by atoms with Gasteiger partial charge >= 0.3 is 0 Å². The maximum Gasteiger partial charge on any atom is 0.191 e. The summed E-state index contributed by atoms with van der Waals surface area (Å²) in [4.78, 5) is 7.26. The van der Waals surface area contributed by atoms with Crippen LogP contribution < -0.4 is 16.0 Å². The Hall–Kier alpha value is -1.78. The van der Waals surface area contributed by atoms with E-state index in [-0.39, 0.29) is 30.0 Å². The van der Waals surface area contributed by atoms with Crippen LogP contribution in [0.2, 0.25) is 0 Å². The molecule has 1 atom stereocenters. The number of nitrogens with zero attached hydrogens (tertiary/aromatic N) is 2. The molecule has 1 aliphatic rings. The van der Waals surface area contributed by atoms with E-state index in [1.807, 2.05) is 6.07 Å². The van der Waals surface area contributed by atoms with Crippen LogP contribution in [0.3, 0.4) is 0 Å². The van der Waals surface area contributed by atoms with Crippen molar-refractivity contribution < 1.29 is 9.15 Å². The van der Waals surface area contributed by atoms with Crippen LogP contribution in [0, 0.1) is 0 Å². The number of methoxy groups -OCH3 is 1. The highest BCUT2D eigenvalue weighted by Crippen LogP contribution is 2.24. The maximum absolute atomic E-state index is 5.72. The van der Waals surface area contributed by atoms with Crippen molar-refractivity contribution in [1.82, 2.24) is 15.5 Å². The highest BCUT2D eigenvalue weighted by molar-refractivity contribution is 14.0. The van der Waals surface area contributed by atoms with Crippen molar-refractivity contribution in [2.75, 3.05) is 51.8 Å². The summed E-state index contributed by atoms with van der Waals surface area (Å²) in [6, 6.07) is 12.6. The number of benzene rings is 1. The second-order valence-electron chi connectivity index (χ2n) is 7.47. The van der Waals surface area contributed by atoms with E-state index >= 15 is 0 Å². The lowest BCUT2D eigenvalue weighted by atomic mass is 10.2. The fourth-order valence-corrected chi connectivity index (χ4v) is 3.67. The van der Waals surface area contributed by atoms with Crippen LogP contribution in [0.25, 0.3) is 0 Å². The van der Waals surface area contributed by atoms with Gasteiger partial charge in [0.2, 0.25) is 0 Å². The molecule has 1 saturated heterocycles. The van der Waals surface area contributed by atoms with Gasteiger partial charge in [0, 0.05) is 32.4 Å². The Morgan fingerprint density at radius 3 is 2.58 bits per heavy atom. The molecular weight excluding hydrogens is 505 g/mol. The fourth-order valence-electron chi connectivity index (χ4n) is 3.67. The lowest BCUT2D eigenvalue weighted by Crippen LogP contribution is -2.42. The first-order chi connectivity index (χ1) is 14.8. The van der Waals surface area contributed by atoms with E-state index in [1.54, 1.807) is 13.4 Å². The largest absolute Gasteiger partial charge is 0.468 e. The summed E-state index contributed by atoms with van der Waals surface area (Å²) in [5, 5.41) is 10.2. The van der Waals surface area contributed by atoms with E-state index in [9.17, 15) is 0 Å². The smallest absolute Gasteiger partial charge is 0.191 e. The zero-order valence-electron chi connectivity index (χ0n) is 18.6. The number of hydrogen-bond donors (Lipinski definition) is 3. The minimum Gasteiger partial charge on any atom is -0.468 e. The van der Waals surface area contributed by atoms with Crippen molar-refractivity contribution in [3.05, 3.63) is 54.0 Å². The lowest BCUT2D eigenvalue weighted by molar-refractivity contribution is 0.211. The third kappa shape index (κ3) is 8.34. The molecule has 1 fully saturated rings. The molecule has 3 N–H and O–H groups in total. The van der Waals surface area contributed by atoms with E-state index in [4.69, 9.17) is 14.1 Å². The van der Waals surface area contributed by atoms with Crippen LogP contribution >= 0.6 is 24.0 Å². The summed E-state index contributed by atoms with van der Waals surface area (Å²) >= 11 is 0. The molecule has 2 heterocycles. The van der Waals surface area contributed by atoms with E-state index in [0.29, 0.717) is 13.2 Å². The summed E-state index contributed by atoms with van der Waals surface area (Å²) in [6.07, 6.45) is 4.26. The van der Waals surface area contributed by atoms with Gasteiger partial charge in [0.15, 0.2) is 5.96 Å². The maximum atomic E-state index is 5.72. The summed E-state index contributed by atoms with van der Waals surface area (Å²) < 4.78 is 10.8. The first kappa shape index (κ1) is 25.5. The predicted molar refractivity (Wildman–Crippen MR) is 137 cm³/mol. The third-order valence-corrected chi connectivity index (χ3v) is 5.27. The normalized spacial score (nSPS) is 15.4. The Kier molecular flexibility index (Phi) is 11.8. The van der Waals surface area contributed by atoms with Crippen LogP contribution in [0.15, 0.2) is 52.1 Å². The molecule has 0 radical (unpaired) electrons. The van der Waals surface area contributed by atoms with E-state index in [0.717, 1.165) is 50.1 Å². The summed E-state index contributed by atoms with van der Waals surface area (Å²) in [5.41, 5.74) is 2.27. The monoisotopic (exact) mass is 541 g/mol. The van der Waals surface area contributed by atoms with Crippen LogP contribution in [0.5, 0.6) is 0 Å². The van der Waals surface area contributed by atoms with E-state index in [1.165, 1.54) is 18.4 Å². The minimum atomic E-state index is 0. The van der Waals surface area contributed by atoms with Gasteiger partial charge < -0.3 is 25.1 Å². The van der Waals surface area contributed by atoms with Gasteiger partial charge in [0.05, 0.1) is 25.5 Å². The molecule has 2 aromatic rings. The number of hydrogen-bond acceptors (Lipinski definition) is 5. The van der Waals surface area contributed by atoms with Gasteiger partial charge in [-0.15, -0.1) is 24.0 Å². The molecule has 3 rings (SSSR count). The van der Waals surface area contributed by atoms with Gasteiger partial charge in [-0.3, -0.25) is 4.90 Å². The first-order valence-electron chi connectivity index (χ1n) is 10.9. The van der Waals surface area contributed by atoms with Gasteiger partial charge in [-0.1, -0.05) is 12.1 Å². The Morgan fingerprint density at radius 2 is 1.94 bits per heavy atom. The lowest BCUT2D eigenvalue weighted by Gasteiger charge is -2.26. The van der Waals surface area contributed by atoms with Gasteiger partial charge in [-0.25, -0.2) is 4.99 Å². The average molecular weight is 541 g/mol. The molecule has 0 aliphatic carbocycles. The van der Waals surface area contributed by atoms with Crippen molar-refractivity contribution in [3.63, 3.8) is 0 Å². The third-order valence-electron chi connectivity index (χ3n) is 5.27. The molecular formula is C23H36IN5O2. The zero-order chi connectivity index (χ0) is 21.0. The van der Waals surface area contributed by atoms with E-state index in [2.05, 4.69) is 58.1 Å². The van der Waals surface area contributed by atoms with Gasteiger partial charge in [-0.2, -0.15) is 0 Å². The second-order valence-corrected chi connectivity index (χ2v) is 7.47. The standard InChI is InChI=1S/C23H35N5O2.HI/c1-3-24-23(26-17-19-8-10-20(11-9-19)25-12-16-29-2)27-18-21(22-7-6-15-30-22)28-13-4-5-14-28;/h6-11,15,21,25H,3-5,12-14,16-18H2,1-2H3,(H2,24,26,27);1H. The molecule has 172 valence electrons. The minimum absolute atomic E-state index is 0. The first-order valence-corrected chi connectivity index (χ1v) is 10.9. The molecule has 1 aliphatic heterocycles. The summed E-state index contributed by atoms with van der Waals surface area (Å²) in [7, 11) is 1.71. The Bertz CT molecular complexity index is 746. The van der Waals surface area contributed by atoms with Gasteiger partial charge in [0.1, 0.15) is 5.76 Å². The van der Waals surface area contributed by atoms with Crippen LogP contribution in [-0.4, -0.2) is 57.3 Å². The van der Waals surface area contributed by atoms with Crippen molar-refractivity contribution >= 4 is 35.6 Å². The fraction of sp³-hybridized carbons (Fsp3) is 0.522. The molecule has 31 heavy (non-hydrogen) atoms. The summed E-state index contributed by atoms with van der Waals surface area (Å²) in [6.45, 7) is 8.03. The topological polar surface area (TPSA) is 74.1 Å². The van der Waals surface area contributed by atoms with Crippen LogP contribution in [0.1, 0.15) is 37.1 Å². The quantitative estimate of drug-likeness (QED) is 0.174. The number of rotatable bonds is 11. The number of anilines is 1. The number of furan rings is 1. The molecule has 1 aromatic heterocycles. The molecule has 0 saturated carbocycles. The molecule has 1 aromatic carbocycles. The van der Waals surface area contributed by atoms with Crippen molar-refractivity contribution in [2.24, 2.45) is 4.99 Å². The van der Waals surface area contributed by atoms with Crippen LogP contribution in [-0.2, 0) is 11.3 Å². The molecule has 0 bridgehead atoms. The SMILES string of the molecule is CCNC(=NCc1ccc(NCCOC)cc1)NCC(c1ccco1)N1CCCC1.I. The number of guanidine groups is 1.